The molecule has 23 heavy (non-hydrogen) atoms. The summed E-state index contributed by atoms with van der Waals surface area (Å²) in [7, 11) is 0. The number of hydrogen-bond acceptors (Lipinski definition) is 4. The number of anilines is 2. The number of hydrogen-bond donors (Lipinski definition) is 1. The van der Waals surface area contributed by atoms with Crippen LogP contribution in [0.5, 0.6) is 0 Å². The lowest BCUT2D eigenvalue weighted by Gasteiger charge is -2.16. The van der Waals surface area contributed by atoms with E-state index >= 15 is 0 Å². The third kappa shape index (κ3) is 3.41. The standard InChI is InChI=1S/C18H18N2OS2/c1-12-6-5-8-14(10-12)20-17(21)16(23-18(20)22)11-19-15-9-4-3-7-13(15)2/h3-10,16,19H,11H2,1-2H3. The Kier molecular flexibility index (Phi) is 4.68. The van der Waals surface area contributed by atoms with Crippen molar-refractivity contribution in [2.75, 3.05) is 16.8 Å². The zero-order valence-corrected chi connectivity index (χ0v) is 14.7. The van der Waals surface area contributed by atoms with E-state index in [0.717, 1.165) is 16.9 Å². The average molecular weight is 342 g/mol. The fourth-order valence-electron chi connectivity index (χ4n) is 2.56. The molecule has 5 heteroatoms. The Morgan fingerprint density at radius 1 is 1.17 bits per heavy atom. The number of thioether (sulfide) groups is 1. The molecule has 0 saturated carbocycles. The van der Waals surface area contributed by atoms with Gasteiger partial charge in [-0.25, -0.2) is 0 Å². The van der Waals surface area contributed by atoms with Crippen molar-refractivity contribution in [1.82, 2.24) is 0 Å². The predicted octanol–water partition coefficient (Wildman–Crippen LogP) is 4.15. The Morgan fingerprint density at radius 3 is 2.70 bits per heavy atom. The molecule has 1 amide bonds. The first-order chi connectivity index (χ1) is 11.1. The highest BCUT2D eigenvalue weighted by molar-refractivity contribution is 8.25. The number of thiocarbonyl (C=S) groups is 1. The van der Waals surface area contributed by atoms with Gasteiger partial charge in [-0.2, -0.15) is 0 Å². The van der Waals surface area contributed by atoms with Crippen molar-refractivity contribution in [3.05, 3.63) is 59.7 Å². The van der Waals surface area contributed by atoms with Gasteiger partial charge in [0.2, 0.25) is 5.91 Å². The molecular weight excluding hydrogens is 324 g/mol. The quantitative estimate of drug-likeness (QED) is 0.846. The summed E-state index contributed by atoms with van der Waals surface area (Å²) in [5.74, 6) is 0.0479. The Morgan fingerprint density at radius 2 is 1.96 bits per heavy atom. The molecule has 2 aromatic carbocycles. The SMILES string of the molecule is Cc1cccc(N2C(=O)C(CNc3ccccc3C)SC2=S)c1. The first kappa shape index (κ1) is 16.0. The van der Waals surface area contributed by atoms with Gasteiger partial charge < -0.3 is 5.32 Å². The van der Waals surface area contributed by atoms with E-state index in [4.69, 9.17) is 12.2 Å². The van der Waals surface area contributed by atoms with E-state index in [-0.39, 0.29) is 11.2 Å². The van der Waals surface area contributed by atoms with E-state index in [1.54, 1.807) is 4.90 Å². The van der Waals surface area contributed by atoms with Crippen molar-refractivity contribution in [2.24, 2.45) is 0 Å². The van der Waals surface area contributed by atoms with Crippen LogP contribution in [0.3, 0.4) is 0 Å². The zero-order chi connectivity index (χ0) is 16.4. The molecule has 1 fully saturated rings. The minimum atomic E-state index is -0.192. The Bertz CT molecular complexity index is 760. The second kappa shape index (κ2) is 6.72. The van der Waals surface area contributed by atoms with E-state index in [9.17, 15) is 4.79 Å². The molecule has 0 spiro atoms. The minimum absolute atomic E-state index is 0.0479. The largest absolute Gasteiger partial charge is 0.383 e. The van der Waals surface area contributed by atoms with Crippen LogP contribution in [0.4, 0.5) is 11.4 Å². The second-order valence-corrected chi connectivity index (χ2v) is 7.42. The first-order valence-corrected chi connectivity index (χ1v) is 8.76. The molecule has 1 aliphatic rings. The molecule has 1 saturated heterocycles. The fraction of sp³-hybridized carbons (Fsp3) is 0.222. The maximum atomic E-state index is 12.7. The van der Waals surface area contributed by atoms with Crippen LogP contribution in [0.25, 0.3) is 0 Å². The van der Waals surface area contributed by atoms with Crippen LogP contribution in [0, 0.1) is 13.8 Å². The summed E-state index contributed by atoms with van der Waals surface area (Å²) >= 11 is 6.87. The molecule has 1 atom stereocenters. The van der Waals surface area contributed by atoms with Gasteiger partial charge in [0.05, 0.1) is 5.69 Å². The molecular formula is C18H18N2OS2. The van der Waals surface area contributed by atoms with Gasteiger partial charge in [0.15, 0.2) is 0 Å². The van der Waals surface area contributed by atoms with E-state index < -0.39 is 0 Å². The highest BCUT2D eigenvalue weighted by atomic mass is 32.2. The molecule has 0 radical (unpaired) electrons. The van der Waals surface area contributed by atoms with E-state index in [2.05, 4.69) is 18.3 Å². The van der Waals surface area contributed by atoms with Crippen molar-refractivity contribution in [1.29, 1.82) is 0 Å². The van der Waals surface area contributed by atoms with Crippen LogP contribution in [-0.4, -0.2) is 22.0 Å². The van der Waals surface area contributed by atoms with Crippen LogP contribution >= 0.6 is 24.0 Å². The molecule has 0 aromatic heterocycles. The van der Waals surface area contributed by atoms with Gasteiger partial charge in [-0.1, -0.05) is 54.3 Å². The Labute approximate surface area is 146 Å². The van der Waals surface area contributed by atoms with E-state index in [1.165, 1.54) is 17.3 Å². The second-order valence-electron chi connectivity index (χ2n) is 5.58. The number of carbonyl (C=O) groups excluding carboxylic acids is 1. The maximum absolute atomic E-state index is 12.7. The summed E-state index contributed by atoms with van der Waals surface area (Å²) in [5, 5.41) is 3.17. The van der Waals surface area contributed by atoms with Gasteiger partial charge in [0.1, 0.15) is 9.57 Å². The number of amides is 1. The molecule has 0 bridgehead atoms. The summed E-state index contributed by atoms with van der Waals surface area (Å²) in [6, 6.07) is 15.9. The van der Waals surface area contributed by atoms with Gasteiger partial charge in [0.25, 0.3) is 0 Å². The minimum Gasteiger partial charge on any atom is -0.383 e. The number of benzene rings is 2. The number of aryl methyl sites for hydroxylation is 2. The Balaban J connectivity index is 1.73. The summed E-state index contributed by atoms with van der Waals surface area (Å²) in [6.07, 6.45) is 0. The predicted molar refractivity (Wildman–Crippen MR) is 102 cm³/mol. The number of carbonyl (C=O) groups is 1. The molecule has 1 aliphatic heterocycles. The highest BCUT2D eigenvalue weighted by Crippen LogP contribution is 2.32. The van der Waals surface area contributed by atoms with Crippen LogP contribution < -0.4 is 10.2 Å². The van der Waals surface area contributed by atoms with Gasteiger partial charge >= 0.3 is 0 Å². The lowest BCUT2D eigenvalue weighted by molar-refractivity contribution is -0.116. The lowest BCUT2D eigenvalue weighted by Crippen LogP contribution is -2.34. The topological polar surface area (TPSA) is 32.3 Å². The third-order valence-electron chi connectivity index (χ3n) is 3.80. The number of nitrogens with zero attached hydrogens (tertiary/aromatic N) is 1. The first-order valence-electron chi connectivity index (χ1n) is 7.47. The van der Waals surface area contributed by atoms with Crippen LogP contribution in [0.2, 0.25) is 0 Å². The van der Waals surface area contributed by atoms with Crippen molar-refractivity contribution < 1.29 is 4.79 Å². The van der Waals surface area contributed by atoms with E-state index in [1.807, 2.05) is 49.4 Å². The Hall–Kier alpha value is -1.85. The van der Waals surface area contributed by atoms with E-state index in [0.29, 0.717) is 10.9 Å². The molecule has 2 aromatic rings. The fourth-order valence-corrected chi connectivity index (χ4v) is 4.02. The molecule has 1 unspecified atom stereocenters. The lowest BCUT2D eigenvalue weighted by atomic mass is 10.2. The molecule has 1 heterocycles. The molecule has 3 nitrogen and oxygen atoms in total. The summed E-state index contributed by atoms with van der Waals surface area (Å²) < 4.78 is 0.622. The van der Waals surface area contributed by atoms with Gasteiger partial charge in [-0.05, 0) is 43.2 Å². The van der Waals surface area contributed by atoms with Crippen molar-refractivity contribution in [2.45, 2.75) is 19.1 Å². The average Bonchev–Trinajstić information content (AvgIpc) is 2.81. The van der Waals surface area contributed by atoms with Crippen LogP contribution in [0.1, 0.15) is 11.1 Å². The monoisotopic (exact) mass is 342 g/mol. The van der Waals surface area contributed by atoms with Gasteiger partial charge in [-0.3, -0.25) is 9.69 Å². The van der Waals surface area contributed by atoms with Crippen molar-refractivity contribution in [3.63, 3.8) is 0 Å². The van der Waals surface area contributed by atoms with Gasteiger partial charge in [0, 0.05) is 12.2 Å². The van der Waals surface area contributed by atoms with Gasteiger partial charge in [-0.15, -0.1) is 0 Å². The molecule has 1 N–H and O–H groups in total. The summed E-state index contributed by atoms with van der Waals surface area (Å²) in [5.41, 5.74) is 4.19. The molecule has 118 valence electrons. The van der Waals surface area contributed by atoms with Crippen LogP contribution in [0.15, 0.2) is 48.5 Å². The number of rotatable bonds is 4. The van der Waals surface area contributed by atoms with Crippen molar-refractivity contribution >= 4 is 45.6 Å². The summed E-state index contributed by atoms with van der Waals surface area (Å²) in [6.45, 7) is 4.63. The smallest absolute Gasteiger partial charge is 0.247 e. The van der Waals surface area contributed by atoms with Crippen LogP contribution in [-0.2, 0) is 4.79 Å². The van der Waals surface area contributed by atoms with Crippen molar-refractivity contribution in [3.8, 4) is 0 Å². The number of nitrogens with one attached hydrogen (secondary N) is 1. The molecule has 3 rings (SSSR count). The summed E-state index contributed by atoms with van der Waals surface area (Å²) in [4.78, 5) is 14.4. The number of para-hydroxylation sites is 1. The third-order valence-corrected chi connectivity index (χ3v) is 5.31. The highest BCUT2D eigenvalue weighted by Gasteiger charge is 2.37. The maximum Gasteiger partial charge on any atom is 0.247 e. The normalized spacial score (nSPS) is 17.7. The zero-order valence-electron chi connectivity index (χ0n) is 13.1. The molecule has 0 aliphatic carbocycles.